The monoisotopic (exact) mass is 217 g/mol. The van der Waals surface area contributed by atoms with Crippen molar-refractivity contribution in [3.8, 4) is 0 Å². The quantitative estimate of drug-likeness (QED) is 0.774. The Labute approximate surface area is 96.9 Å². The molecule has 2 aliphatic rings. The van der Waals surface area contributed by atoms with E-state index < -0.39 is 0 Å². The molecule has 0 aliphatic carbocycles. The summed E-state index contributed by atoms with van der Waals surface area (Å²) in [5, 5.41) is 3.55. The number of aromatic nitrogens is 1. The predicted molar refractivity (Wildman–Crippen MR) is 64.2 cm³/mol. The number of nitrogens with one attached hydrogen (secondary N) is 1. The Hall–Kier alpha value is -0.930. The molecule has 0 bridgehead atoms. The molecule has 0 spiro atoms. The Morgan fingerprint density at radius 3 is 3.12 bits per heavy atom. The summed E-state index contributed by atoms with van der Waals surface area (Å²) in [6.07, 6.45) is 5.98. The van der Waals surface area contributed by atoms with Gasteiger partial charge in [-0.1, -0.05) is 12.5 Å². The molecular weight excluding hydrogens is 198 g/mol. The van der Waals surface area contributed by atoms with Crippen LogP contribution in [0.4, 0.5) is 0 Å². The number of nitrogens with zero attached hydrogens (tertiary/aromatic N) is 2. The molecule has 2 aliphatic heterocycles. The summed E-state index contributed by atoms with van der Waals surface area (Å²) < 4.78 is 0. The summed E-state index contributed by atoms with van der Waals surface area (Å²) in [5.41, 5.74) is 1.22. The van der Waals surface area contributed by atoms with Crippen LogP contribution in [0, 0.1) is 0 Å². The third kappa shape index (κ3) is 1.85. The van der Waals surface area contributed by atoms with Crippen LogP contribution in [0.15, 0.2) is 24.4 Å². The second kappa shape index (κ2) is 4.52. The molecule has 3 nitrogen and oxygen atoms in total. The van der Waals surface area contributed by atoms with Gasteiger partial charge in [-0.3, -0.25) is 9.88 Å². The standard InChI is InChI=1S/C13H19N3/c1-3-7-15-12(6-1)13-10-14-9-11-5-2-4-8-16(11)13/h1,3,6-7,11,13-14H,2,4-5,8-10H2. The highest BCUT2D eigenvalue weighted by molar-refractivity contribution is 5.11. The molecule has 1 aromatic heterocycles. The lowest BCUT2D eigenvalue weighted by Crippen LogP contribution is -2.54. The maximum atomic E-state index is 4.51. The third-order valence-electron chi connectivity index (χ3n) is 3.82. The van der Waals surface area contributed by atoms with E-state index in [9.17, 15) is 0 Å². The maximum Gasteiger partial charge on any atom is 0.0649 e. The van der Waals surface area contributed by atoms with Gasteiger partial charge < -0.3 is 5.32 Å². The molecule has 2 saturated heterocycles. The van der Waals surface area contributed by atoms with Crippen LogP contribution in [0.5, 0.6) is 0 Å². The van der Waals surface area contributed by atoms with Gasteiger partial charge in [0.25, 0.3) is 0 Å². The van der Waals surface area contributed by atoms with Gasteiger partial charge in [-0.25, -0.2) is 0 Å². The number of pyridine rings is 1. The number of fused-ring (bicyclic) bond motifs is 1. The Bertz CT molecular complexity index is 336. The molecule has 2 atom stereocenters. The van der Waals surface area contributed by atoms with E-state index in [2.05, 4.69) is 27.3 Å². The van der Waals surface area contributed by atoms with Crippen molar-refractivity contribution >= 4 is 0 Å². The zero-order chi connectivity index (χ0) is 10.8. The van der Waals surface area contributed by atoms with E-state index in [1.165, 1.54) is 31.5 Å². The zero-order valence-electron chi connectivity index (χ0n) is 9.60. The van der Waals surface area contributed by atoms with Crippen LogP contribution in [0.1, 0.15) is 31.0 Å². The van der Waals surface area contributed by atoms with E-state index in [0.29, 0.717) is 6.04 Å². The van der Waals surface area contributed by atoms with Crippen molar-refractivity contribution in [1.82, 2.24) is 15.2 Å². The average molecular weight is 217 g/mol. The Kier molecular flexibility index (Phi) is 2.89. The molecule has 2 unspecified atom stereocenters. The normalized spacial score (nSPS) is 31.0. The summed E-state index contributed by atoms with van der Waals surface area (Å²) >= 11 is 0. The predicted octanol–water partition coefficient (Wildman–Crippen LogP) is 1.58. The first-order valence-corrected chi connectivity index (χ1v) is 6.32. The summed E-state index contributed by atoms with van der Waals surface area (Å²) in [7, 11) is 0. The number of hydrogen-bond acceptors (Lipinski definition) is 3. The molecule has 3 heteroatoms. The fourth-order valence-electron chi connectivity index (χ4n) is 3.00. The van der Waals surface area contributed by atoms with E-state index in [1.54, 1.807) is 0 Å². The summed E-state index contributed by atoms with van der Waals surface area (Å²) in [4.78, 5) is 7.17. The van der Waals surface area contributed by atoms with Gasteiger partial charge in [-0.05, 0) is 31.5 Å². The molecule has 86 valence electrons. The van der Waals surface area contributed by atoms with Crippen molar-refractivity contribution in [2.45, 2.75) is 31.3 Å². The van der Waals surface area contributed by atoms with Crippen molar-refractivity contribution in [2.24, 2.45) is 0 Å². The molecule has 3 rings (SSSR count). The zero-order valence-corrected chi connectivity index (χ0v) is 9.60. The summed E-state index contributed by atoms with van der Waals surface area (Å²) in [5.74, 6) is 0. The largest absolute Gasteiger partial charge is 0.313 e. The van der Waals surface area contributed by atoms with E-state index in [4.69, 9.17) is 0 Å². The molecule has 0 amide bonds. The summed E-state index contributed by atoms with van der Waals surface area (Å²) in [6, 6.07) is 7.46. The lowest BCUT2D eigenvalue weighted by Gasteiger charge is -2.45. The first-order chi connectivity index (χ1) is 7.95. The van der Waals surface area contributed by atoms with Gasteiger partial charge in [0.1, 0.15) is 0 Å². The smallest absolute Gasteiger partial charge is 0.0649 e. The number of hydrogen-bond donors (Lipinski definition) is 1. The molecule has 16 heavy (non-hydrogen) atoms. The van der Waals surface area contributed by atoms with Gasteiger partial charge in [0.05, 0.1) is 11.7 Å². The van der Waals surface area contributed by atoms with Crippen LogP contribution in [-0.4, -0.2) is 35.6 Å². The number of piperazine rings is 1. The number of rotatable bonds is 1. The molecule has 0 radical (unpaired) electrons. The molecule has 3 heterocycles. The molecule has 2 fully saturated rings. The fourth-order valence-corrected chi connectivity index (χ4v) is 3.00. The Morgan fingerprint density at radius 2 is 2.25 bits per heavy atom. The third-order valence-corrected chi connectivity index (χ3v) is 3.82. The lowest BCUT2D eigenvalue weighted by molar-refractivity contribution is 0.0623. The number of piperidine rings is 1. The van der Waals surface area contributed by atoms with Crippen LogP contribution in [0.25, 0.3) is 0 Å². The van der Waals surface area contributed by atoms with Gasteiger partial charge >= 0.3 is 0 Å². The van der Waals surface area contributed by atoms with E-state index >= 15 is 0 Å². The highest BCUT2D eigenvalue weighted by Crippen LogP contribution is 2.29. The highest BCUT2D eigenvalue weighted by Gasteiger charge is 2.33. The van der Waals surface area contributed by atoms with E-state index in [0.717, 1.165) is 19.1 Å². The Morgan fingerprint density at radius 1 is 1.25 bits per heavy atom. The van der Waals surface area contributed by atoms with E-state index in [-0.39, 0.29) is 0 Å². The topological polar surface area (TPSA) is 28.2 Å². The lowest BCUT2D eigenvalue weighted by atomic mass is 9.95. The van der Waals surface area contributed by atoms with Crippen LogP contribution < -0.4 is 5.32 Å². The van der Waals surface area contributed by atoms with Gasteiger partial charge in [0.2, 0.25) is 0 Å². The van der Waals surface area contributed by atoms with Crippen molar-refractivity contribution < 1.29 is 0 Å². The minimum atomic E-state index is 0.486. The van der Waals surface area contributed by atoms with Gasteiger partial charge in [0, 0.05) is 25.3 Å². The average Bonchev–Trinajstić information content (AvgIpc) is 2.39. The second-order valence-electron chi connectivity index (χ2n) is 4.82. The van der Waals surface area contributed by atoms with Crippen molar-refractivity contribution in [1.29, 1.82) is 0 Å². The van der Waals surface area contributed by atoms with Gasteiger partial charge in [-0.15, -0.1) is 0 Å². The first-order valence-electron chi connectivity index (χ1n) is 6.32. The molecule has 1 aromatic rings. The minimum absolute atomic E-state index is 0.486. The van der Waals surface area contributed by atoms with Crippen molar-refractivity contribution in [2.75, 3.05) is 19.6 Å². The molecule has 0 saturated carbocycles. The van der Waals surface area contributed by atoms with Crippen LogP contribution in [0.3, 0.4) is 0 Å². The van der Waals surface area contributed by atoms with Gasteiger partial charge in [0.15, 0.2) is 0 Å². The first kappa shape index (κ1) is 10.2. The van der Waals surface area contributed by atoms with Crippen LogP contribution in [0.2, 0.25) is 0 Å². The maximum absolute atomic E-state index is 4.51. The molecular formula is C13H19N3. The molecule has 1 N–H and O–H groups in total. The van der Waals surface area contributed by atoms with Crippen molar-refractivity contribution in [3.05, 3.63) is 30.1 Å². The van der Waals surface area contributed by atoms with Crippen LogP contribution in [-0.2, 0) is 0 Å². The minimum Gasteiger partial charge on any atom is -0.313 e. The highest BCUT2D eigenvalue weighted by atomic mass is 15.3. The Balaban J connectivity index is 1.83. The van der Waals surface area contributed by atoms with Crippen LogP contribution >= 0.6 is 0 Å². The van der Waals surface area contributed by atoms with Crippen molar-refractivity contribution in [3.63, 3.8) is 0 Å². The van der Waals surface area contributed by atoms with Gasteiger partial charge in [-0.2, -0.15) is 0 Å². The molecule has 0 aromatic carbocycles. The fraction of sp³-hybridized carbons (Fsp3) is 0.615. The SMILES string of the molecule is c1ccc(C2CNCC3CCCCN32)nc1. The summed E-state index contributed by atoms with van der Waals surface area (Å²) in [6.45, 7) is 3.45. The van der Waals surface area contributed by atoms with E-state index in [1.807, 2.05) is 12.3 Å². The second-order valence-corrected chi connectivity index (χ2v) is 4.82.